The summed E-state index contributed by atoms with van der Waals surface area (Å²) >= 11 is 0. The summed E-state index contributed by atoms with van der Waals surface area (Å²) in [5.41, 5.74) is 9.93. The molecule has 34 heavy (non-hydrogen) atoms. The minimum Gasteiger partial charge on any atom is -0.488 e. The van der Waals surface area contributed by atoms with E-state index in [0.29, 0.717) is 6.61 Å². The largest absolute Gasteiger partial charge is 0.488 e. The maximum absolute atomic E-state index is 6.49. The van der Waals surface area contributed by atoms with E-state index in [1.807, 2.05) is 13.0 Å². The molecule has 2 heterocycles. The van der Waals surface area contributed by atoms with Gasteiger partial charge < -0.3 is 4.74 Å². The van der Waals surface area contributed by atoms with E-state index in [9.17, 15) is 0 Å². The summed E-state index contributed by atoms with van der Waals surface area (Å²) in [5, 5.41) is 0. The Morgan fingerprint density at radius 3 is 2.44 bits per heavy atom. The topological polar surface area (TPSA) is 25.4 Å². The molecular formula is C31H40N2O. The zero-order valence-electron chi connectivity index (χ0n) is 21.7. The average Bonchev–Trinajstić information content (AvgIpc) is 2.84. The van der Waals surface area contributed by atoms with Gasteiger partial charge in [-0.3, -0.25) is 9.88 Å². The quantitative estimate of drug-likeness (QED) is 0.332. The molecule has 0 saturated heterocycles. The second-order valence-electron chi connectivity index (χ2n) is 9.84. The first kappa shape index (κ1) is 24.5. The number of para-hydroxylation sites is 1. The number of aromatic nitrogens is 1. The lowest BCUT2D eigenvalue weighted by Gasteiger charge is -2.36. The van der Waals surface area contributed by atoms with Crippen molar-refractivity contribution in [3.8, 4) is 17.0 Å². The van der Waals surface area contributed by atoms with Gasteiger partial charge in [0.05, 0.1) is 5.69 Å². The van der Waals surface area contributed by atoms with E-state index in [-0.39, 0.29) is 0 Å². The number of rotatable bonds is 9. The monoisotopic (exact) mass is 456 g/mol. The van der Waals surface area contributed by atoms with Crippen molar-refractivity contribution in [3.05, 3.63) is 82.0 Å². The van der Waals surface area contributed by atoms with Gasteiger partial charge in [-0.2, -0.15) is 0 Å². The molecule has 180 valence electrons. The van der Waals surface area contributed by atoms with Gasteiger partial charge in [-0.05, 0) is 86.1 Å². The predicted octanol–water partition coefficient (Wildman–Crippen LogP) is 7.58. The number of ether oxygens (including phenoxy) is 1. The molecule has 0 aliphatic carbocycles. The summed E-state index contributed by atoms with van der Waals surface area (Å²) in [5.74, 6) is 0.936. The Hall–Kier alpha value is -2.65. The molecule has 0 amide bonds. The fourth-order valence-electron chi connectivity index (χ4n) is 5.44. The highest BCUT2D eigenvalue weighted by Gasteiger charge is 2.24. The van der Waals surface area contributed by atoms with Gasteiger partial charge in [0, 0.05) is 30.4 Å². The fraction of sp³-hybridized carbons (Fsp3) is 0.452. The number of hydrogen-bond donors (Lipinski definition) is 0. The molecular weight excluding hydrogens is 416 g/mol. The first-order valence-electron chi connectivity index (χ1n) is 13.0. The van der Waals surface area contributed by atoms with Crippen LogP contribution in [0.15, 0.2) is 48.5 Å². The van der Waals surface area contributed by atoms with Crippen LogP contribution < -0.4 is 4.74 Å². The zero-order valence-corrected chi connectivity index (χ0v) is 21.7. The lowest BCUT2D eigenvalue weighted by atomic mass is 9.90. The van der Waals surface area contributed by atoms with E-state index in [4.69, 9.17) is 9.72 Å². The van der Waals surface area contributed by atoms with Gasteiger partial charge in [0.2, 0.25) is 0 Å². The SMILES string of the molecule is CCCC(CCC)N1CCc2c(ccc(COc3c(C)cccc3-c3cccc(C)n3)c2C)C1. The Balaban J connectivity index is 1.53. The van der Waals surface area contributed by atoms with Crippen LogP contribution in [-0.2, 0) is 19.6 Å². The lowest BCUT2D eigenvalue weighted by Crippen LogP contribution is -2.39. The van der Waals surface area contributed by atoms with Gasteiger partial charge >= 0.3 is 0 Å². The van der Waals surface area contributed by atoms with Crippen LogP contribution in [0.1, 0.15) is 73.0 Å². The predicted molar refractivity (Wildman–Crippen MR) is 142 cm³/mol. The summed E-state index contributed by atoms with van der Waals surface area (Å²) in [6.45, 7) is 13.9. The Morgan fingerprint density at radius 2 is 1.71 bits per heavy atom. The maximum Gasteiger partial charge on any atom is 0.132 e. The Morgan fingerprint density at radius 1 is 0.941 bits per heavy atom. The van der Waals surface area contributed by atoms with Gasteiger partial charge in [0.15, 0.2) is 0 Å². The molecule has 0 bridgehead atoms. The third-order valence-corrected chi connectivity index (χ3v) is 7.34. The van der Waals surface area contributed by atoms with Crippen LogP contribution in [0.25, 0.3) is 11.3 Å². The van der Waals surface area contributed by atoms with Crippen molar-refractivity contribution in [2.75, 3.05) is 6.54 Å². The van der Waals surface area contributed by atoms with Crippen LogP contribution in [-0.4, -0.2) is 22.5 Å². The van der Waals surface area contributed by atoms with E-state index in [1.54, 1.807) is 0 Å². The highest BCUT2D eigenvalue weighted by molar-refractivity contribution is 5.69. The van der Waals surface area contributed by atoms with Gasteiger partial charge in [0.1, 0.15) is 12.4 Å². The van der Waals surface area contributed by atoms with Crippen LogP contribution in [0.4, 0.5) is 0 Å². The van der Waals surface area contributed by atoms with Crippen molar-refractivity contribution in [1.82, 2.24) is 9.88 Å². The molecule has 0 unspecified atom stereocenters. The van der Waals surface area contributed by atoms with Crippen molar-refractivity contribution in [2.24, 2.45) is 0 Å². The second kappa shape index (κ2) is 11.2. The Labute approximate surface area is 206 Å². The van der Waals surface area contributed by atoms with Gasteiger partial charge in [-0.25, -0.2) is 0 Å². The van der Waals surface area contributed by atoms with Crippen molar-refractivity contribution >= 4 is 0 Å². The maximum atomic E-state index is 6.49. The van der Waals surface area contributed by atoms with Crippen molar-refractivity contribution in [1.29, 1.82) is 0 Å². The van der Waals surface area contributed by atoms with E-state index in [0.717, 1.165) is 47.3 Å². The standard InChI is InChI=1S/C31H40N2O/c1-6-10-27(11-7-2)33-19-18-28-24(5)26(17-16-25(28)20-33)21-34-31-22(3)12-8-14-29(31)30-15-9-13-23(4)32-30/h8-9,12-17,27H,6-7,10-11,18-21H2,1-5H3. The highest BCUT2D eigenvalue weighted by atomic mass is 16.5. The molecule has 1 aliphatic heterocycles. The number of fused-ring (bicyclic) bond motifs is 1. The van der Waals surface area contributed by atoms with Crippen LogP contribution in [0.2, 0.25) is 0 Å². The molecule has 4 rings (SSSR count). The molecule has 3 aromatic rings. The zero-order chi connectivity index (χ0) is 24.1. The van der Waals surface area contributed by atoms with Crippen molar-refractivity contribution in [2.45, 2.75) is 85.9 Å². The molecule has 0 fully saturated rings. The van der Waals surface area contributed by atoms with Crippen molar-refractivity contribution < 1.29 is 4.74 Å². The minimum atomic E-state index is 0.584. The summed E-state index contributed by atoms with van der Waals surface area (Å²) in [6, 6.07) is 17.8. The summed E-state index contributed by atoms with van der Waals surface area (Å²) < 4.78 is 6.49. The average molecular weight is 457 g/mol. The van der Waals surface area contributed by atoms with E-state index >= 15 is 0 Å². The summed E-state index contributed by atoms with van der Waals surface area (Å²) in [4.78, 5) is 7.46. The number of nitrogens with zero attached hydrogens (tertiary/aromatic N) is 2. The summed E-state index contributed by atoms with van der Waals surface area (Å²) in [7, 11) is 0. The van der Waals surface area contributed by atoms with Crippen molar-refractivity contribution in [3.63, 3.8) is 0 Å². The molecule has 2 aromatic carbocycles. The number of hydrogen-bond acceptors (Lipinski definition) is 3. The van der Waals surface area contributed by atoms with E-state index in [1.165, 1.54) is 54.5 Å². The molecule has 0 N–H and O–H groups in total. The molecule has 3 nitrogen and oxygen atoms in total. The number of aryl methyl sites for hydroxylation is 2. The van der Waals surface area contributed by atoms with Gasteiger partial charge in [-0.15, -0.1) is 0 Å². The molecule has 0 atom stereocenters. The third-order valence-electron chi connectivity index (χ3n) is 7.34. The van der Waals surface area contributed by atoms with Gasteiger partial charge in [0.25, 0.3) is 0 Å². The van der Waals surface area contributed by atoms with Crippen LogP contribution in [0.3, 0.4) is 0 Å². The molecule has 0 spiro atoms. The number of pyridine rings is 1. The lowest BCUT2D eigenvalue weighted by molar-refractivity contribution is 0.158. The van der Waals surface area contributed by atoms with Crippen LogP contribution in [0.5, 0.6) is 5.75 Å². The molecule has 0 saturated carbocycles. The second-order valence-corrected chi connectivity index (χ2v) is 9.84. The molecule has 1 aliphatic rings. The Bertz CT molecular complexity index is 1110. The van der Waals surface area contributed by atoms with Crippen LogP contribution >= 0.6 is 0 Å². The van der Waals surface area contributed by atoms with Crippen LogP contribution in [0, 0.1) is 20.8 Å². The minimum absolute atomic E-state index is 0.584. The molecule has 1 aromatic heterocycles. The first-order valence-corrected chi connectivity index (χ1v) is 13.0. The summed E-state index contributed by atoms with van der Waals surface area (Å²) in [6.07, 6.45) is 6.29. The van der Waals surface area contributed by atoms with E-state index in [2.05, 4.69) is 75.1 Å². The fourth-order valence-corrected chi connectivity index (χ4v) is 5.44. The Kier molecular flexibility index (Phi) is 8.05. The molecule has 0 radical (unpaired) electrons. The normalized spacial score (nSPS) is 13.8. The van der Waals surface area contributed by atoms with Gasteiger partial charge in [-0.1, -0.05) is 57.0 Å². The third kappa shape index (κ3) is 5.36. The molecule has 3 heteroatoms. The smallest absolute Gasteiger partial charge is 0.132 e. The first-order chi connectivity index (χ1) is 16.5. The highest BCUT2D eigenvalue weighted by Crippen LogP contribution is 2.34. The van der Waals surface area contributed by atoms with E-state index < -0.39 is 0 Å². The number of benzene rings is 2.